The molecule has 2 rings (SSSR count). The van der Waals surface area contributed by atoms with Crippen LogP contribution in [-0.4, -0.2) is 18.2 Å². The van der Waals surface area contributed by atoms with Crippen molar-refractivity contribution >= 4 is 17.8 Å². The molecule has 0 atom stereocenters. The van der Waals surface area contributed by atoms with Gasteiger partial charge in [0.25, 0.3) is 0 Å². The molecule has 3 nitrogen and oxygen atoms in total. The van der Waals surface area contributed by atoms with E-state index < -0.39 is 0 Å². The molecule has 1 N–H and O–H groups in total. The molecule has 0 spiro atoms. The van der Waals surface area contributed by atoms with Crippen molar-refractivity contribution in [2.24, 2.45) is 0 Å². The van der Waals surface area contributed by atoms with Gasteiger partial charge in [-0.25, -0.2) is 0 Å². The van der Waals surface area contributed by atoms with E-state index in [2.05, 4.69) is 5.32 Å². The highest BCUT2D eigenvalue weighted by molar-refractivity contribution is 6.07. The van der Waals surface area contributed by atoms with Crippen molar-refractivity contribution in [2.75, 3.05) is 6.54 Å². The van der Waals surface area contributed by atoms with Gasteiger partial charge in [0.1, 0.15) is 0 Å². The average Bonchev–Trinajstić information content (AvgIpc) is 2.54. The number of carbonyl (C=O) groups is 2. The Morgan fingerprint density at radius 1 is 1.00 bits per heavy atom. The van der Waals surface area contributed by atoms with Crippen LogP contribution in [-0.2, 0) is 11.2 Å². The van der Waals surface area contributed by atoms with Crippen LogP contribution in [0.25, 0.3) is 6.08 Å². The van der Waals surface area contributed by atoms with Gasteiger partial charge in [-0.2, -0.15) is 0 Å². The number of amides is 1. The van der Waals surface area contributed by atoms with Gasteiger partial charge in [0.15, 0.2) is 5.78 Å². The summed E-state index contributed by atoms with van der Waals surface area (Å²) in [7, 11) is 0. The first-order valence-electron chi connectivity index (χ1n) is 7.26. The molecule has 0 aliphatic carbocycles. The molecule has 0 saturated heterocycles. The average molecular weight is 293 g/mol. The van der Waals surface area contributed by atoms with Gasteiger partial charge < -0.3 is 5.32 Å². The molecule has 1 amide bonds. The second-order valence-electron chi connectivity index (χ2n) is 5.00. The van der Waals surface area contributed by atoms with Gasteiger partial charge in [-0.05, 0) is 23.6 Å². The number of nitrogens with one attached hydrogen (secondary N) is 1. The maximum absolute atomic E-state index is 12.4. The fourth-order valence-electron chi connectivity index (χ4n) is 2.18. The summed E-state index contributed by atoms with van der Waals surface area (Å²) in [6.07, 6.45) is 4.04. The van der Waals surface area contributed by atoms with E-state index in [1.165, 1.54) is 6.92 Å². The Morgan fingerprint density at radius 3 is 2.41 bits per heavy atom. The van der Waals surface area contributed by atoms with Crippen LogP contribution in [0.2, 0.25) is 0 Å². The zero-order valence-electron chi connectivity index (χ0n) is 12.6. The van der Waals surface area contributed by atoms with Crippen molar-refractivity contribution in [1.29, 1.82) is 0 Å². The van der Waals surface area contributed by atoms with Crippen LogP contribution in [0.4, 0.5) is 0 Å². The maximum Gasteiger partial charge on any atom is 0.216 e. The lowest BCUT2D eigenvalue weighted by molar-refractivity contribution is -0.118. The Labute approximate surface area is 130 Å². The second kappa shape index (κ2) is 7.93. The minimum Gasteiger partial charge on any atom is -0.356 e. The largest absolute Gasteiger partial charge is 0.356 e. The second-order valence-corrected chi connectivity index (χ2v) is 5.00. The molecule has 0 fully saturated rings. The van der Waals surface area contributed by atoms with Crippen LogP contribution < -0.4 is 5.32 Å². The van der Waals surface area contributed by atoms with Crippen LogP contribution >= 0.6 is 0 Å². The Bertz CT molecular complexity index is 675. The predicted molar refractivity (Wildman–Crippen MR) is 88.6 cm³/mol. The molecule has 2 aromatic carbocycles. The van der Waals surface area contributed by atoms with Crippen molar-refractivity contribution in [3.63, 3.8) is 0 Å². The molecule has 0 saturated carbocycles. The quantitative estimate of drug-likeness (QED) is 0.656. The van der Waals surface area contributed by atoms with E-state index in [4.69, 9.17) is 0 Å². The van der Waals surface area contributed by atoms with Crippen molar-refractivity contribution in [3.8, 4) is 0 Å². The van der Waals surface area contributed by atoms with Crippen LogP contribution in [0.1, 0.15) is 28.4 Å². The summed E-state index contributed by atoms with van der Waals surface area (Å²) >= 11 is 0. The van der Waals surface area contributed by atoms with Gasteiger partial charge in [-0.3, -0.25) is 9.59 Å². The molecule has 3 heteroatoms. The molecule has 0 heterocycles. The first-order valence-corrected chi connectivity index (χ1v) is 7.26. The van der Waals surface area contributed by atoms with Gasteiger partial charge in [0.05, 0.1) is 0 Å². The lowest BCUT2D eigenvalue weighted by Crippen LogP contribution is -2.22. The highest BCUT2D eigenvalue weighted by atomic mass is 16.1. The van der Waals surface area contributed by atoms with E-state index in [-0.39, 0.29) is 11.7 Å². The summed E-state index contributed by atoms with van der Waals surface area (Å²) < 4.78 is 0. The van der Waals surface area contributed by atoms with Crippen molar-refractivity contribution in [3.05, 3.63) is 77.4 Å². The molecule has 0 radical (unpaired) electrons. The molecule has 0 aliphatic heterocycles. The van der Waals surface area contributed by atoms with Crippen molar-refractivity contribution in [2.45, 2.75) is 13.3 Å². The Hall–Kier alpha value is -2.68. The third-order valence-corrected chi connectivity index (χ3v) is 3.28. The van der Waals surface area contributed by atoms with E-state index in [0.717, 1.165) is 11.1 Å². The number of carbonyl (C=O) groups excluding carboxylic acids is 2. The lowest BCUT2D eigenvalue weighted by atomic mass is 10.00. The molecule has 0 bridgehead atoms. The first kappa shape index (κ1) is 15.7. The topological polar surface area (TPSA) is 46.2 Å². The number of hydrogen-bond donors (Lipinski definition) is 1. The molecule has 112 valence electrons. The van der Waals surface area contributed by atoms with Gasteiger partial charge in [-0.15, -0.1) is 0 Å². The fraction of sp³-hybridized carbons (Fsp3) is 0.158. The molecule has 0 aliphatic rings. The smallest absolute Gasteiger partial charge is 0.216 e. The highest BCUT2D eigenvalue weighted by Crippen LogP contribution is 2.12. The zero-order valence-corrected chi connectivity index (χ0v) is 12.6. The minimum absolute atomic E-state index is 0.0257. The standard InChI is InChI=1S/C19H19NO2/c1-15(21)20-14-13-17-9-5-6-10-18(17)19(22)12-11-16-7-3-2-4-8-16/h2-12H,13-14H2,1H3,(H,20,21)/b12-11+. The molecule has 2 aromatic rings. The fourth-order valence-corrected chi connectivity index (χ4v) is 2.18. The summed E-state index contributed by atoms with van der Waals surface area (Å²) in [6, 6.07) is 17.2. The Morgan fingerprint density at radius 2 is 1.68 bits per heavy atom. The highest BCUT2D eigenvalue weighted by Gasteiger charge is 2.08. The number of benzene rings is 2. The molecule has 0 aromatic heterocycles. The third kappa shape index (κ3) is 4.70. The number of hydrogen-bond acceptors (Lipinski definition) is 2. The monoisotopic (exact) mass is 293 g/mol. The normalized spacial score (nSPS) is 10.6. The van der Waals surface area contributed by atoms with Crippen LogP contribution in [0.3, 0.4) is 0 Å². The van der Waals surface area contributed by atoms with Gasteiger partial charge in [0.2, 0.25) is 5.91 Å². The van der Waals surface area contributed by atoms with Crippen LogP contribution in [0, 0.1) is 0 Å². The van der Waals surface area contributed by atoms with Gasteiger partial charge >= 0.3 is 0 Å². The van der Waals surface area contributed by atoms with Crippen LogP contribution in [0.5, 0.6) is 0 Å². The van der Waals surface area contributed by atoms with Crippen LogP contribution in [0.15, 0.2) is 60.7 Å². The van der Waals surface area contributed by atoms with Gasteiger partial charge in [0, 0.05) is 19.0 Å². The number of ketones is 1. The molecule has 0 unspecified atom stereocenters. The minimum atomic E-state index is -0.0622. The summed E-state index contributed by atoms with van der Waals surface area (Å²) in [5.41, 5.74) is 2.62. The summed E-state index contributed by atoms with van der Waals surface area (Å²) in [5.74, 6) is -0.0879. The van der Waals surface area contributed by atoms with E-state index in [1.807, 2.05) is 60.7 Å². The number of rotatable bonds is 6. The zero-order chi connectivity index (χ0) is 15.8. The van der Waals surface area contributed by atoms with Crippen molar-refractivity contribution in [1.82, 2.24) is 5.32 Å². The summed E-state index contributed by atoms with van der Waals surface area (Å²) in [4.78, 5) is 23.3. The van der Waals surface area contributed by atoms with E-state index in [0.29, 0.717) is 18.5 Å². The Balaban J connectivity index is 2.09. The Kier molecular flexibility index (Phi) is 5.66. The predicted octanol–water partition coefficient (Wildman–Crippen LogP) is 3.26. The van der Waals surface area contributed by atoms with Crippen molar-refractivity contribution < 1.29 is 9.59 Å². The van der Waals surface area contributed by atoms with Gasteiger partial charge in [-0.1, -0.05) is 60.7 Å². The summed E-state index contributed by atoms with van der Waals surface area (Å²) in [5, 5.41) is 2.75. The van der Waals surface area contributed by atoms with E-state index >= 15 is 0 Å². The number of allylic oxidation sites excluding steroid dienone is 1. The molecular weight excluding hydrogens is 274 g/mol. The molecular formula is C19H19NO2. The first-order chi connectivity index (χ1) is 10.7. The van der Waals surface area contributed by atoms with E-state index in [1.54, 1.807) is 6.08 Å². The lowest BCUT2D eigenvalue weighted by Gasteiger charge is -2.07. The maximum atomic E-state index is 12.4. The third-order valence-electron chi connectivity index (χ3n) is 3.28. The molecule has 22 heavy (non-hydrogen) atoms. The summed E-state index contributed by atoms with van der Waals surface area (Å²) in [6.45, 7) is 2.02. The SMILES string of the molecule is CC(=O)NCCc1ccccc1C(=O)/C=C/c1ccccc1. The van der Waals surface area contributed by atoms with E-state index in [9.17, 15) is 9.59 Å².